The van der Waals surface area contributed by atoms with Crippen LogP contribution in [0.2, 0.25) is 0 Å². The van der Waals surface area contributed by atoms with E-state index in [1.165, 1.54) is 35.4 Å². The summed E-state index contributed by atoms with van der Waals surface area (Å²) < 4.78 is 47.3. The molecule has 0 radical (unpaired) electrons. The van der Waals surface area contributed by atoms with E-state index in [1.54, 1.807) is 6.07 Å². The Labute approximate surface area is 163 Å². The molecule has 0 heterocycles. The summed E-state index contributed by atoms with van der Waals surface area (Å²) in [5.41, 5.74) is 2.43. The number of alkyl halides is 3. The summed E-state index contributed by atoms with van der Waals surface area (Å²) in [5.74, 6) is -0.124. The number of carbonyl (C=O) groups excluding carboxylic acids is 1. The summed E-state index contributed by atoms with van der Waals surface area (Å²) >= 11 is 0. The van der Waals surface area contributed by atoms with Crippen molar-refractivity contribution in [2.45, 2.75) is 64.7 Å². The van der Waals surface area contributed by atoms with E-state index >= 15 is 0 Å². The van der Waals surface area contributed by atoms with E-state index in [-0.39, 0.29) is 17.2 Å². The second kappa shape index (κ2) is 8.38. The fourth-order valence-corrected chi connectivity index (χ4v) is 4.01. The Bertz CT molecular complexity index is 887. The maximum atomic E-state index is 13.8. The molecule has 1 aliphatic rings. The largest absolute Gasteiger partial charge is 0.490 e. The van der Waals surface area contributed by atoms with Gasteiger partial charge in [-0.3, -0.25) is 4.79 Å². The molecule has 0 saturated heterocycles. The molecule has 1 saturated carbocycles. The van der Waals surface area contributed by atoms with Gasteiger partial charge in [0.05, 0.1) is 6.10 Å². The van der Waals surface area contributed by atoms with Gasteiger partial charge in [0.25, 0.3) is 0 Å². The van der Waals surface area contributed by atoms with Crippen LogP contribution in [0.1, 0.15) is 68.3 Å². The summed E-state index contributed by atoms with van der Waals surface area (Å²) in [6.45, 7) is 4.30. The molecule has 0 aromatic heterocycles. The Hall–Kier alpha value is -2.30. The summed E-state index contributed by atoms with van der Waals surface area (Å²) in [7, 11) is 0. The van der Waals surface area contributed by atoms with Crippen molar-refractivity contribution >= 4 is 17.1 Å². The van der Waals surface area contributed by atoms with Crippen molar-refractivity contribution in [1.82, 2.24) is 0 Å². The predicted molar refractivity (Wildman–Crippen MR) is 105 cm³/mol. The number of ether oxygens (including phenoxy) is 1. The number of rotatable bonds is 5. The normalized spacial score (nSPS) is 17.6. The van der Waals surface area contributed by atoms with Crippen molar-refractivity contribution in [2.24, 2.45) is 0 Å². The SMILES string of the molecule is CCCC(C)=C1CCC(Oc2ccc3cc(C=O)ccc3c2C(F)(F)F)CC1. The zero-order chi connectivity index (χ0) is 20.3. The molecule has 5 heteroatoms. The van der Waals surface area contributed by atoms with Crippen LogP contribution in [0, 0.1) is 0 Å². The van der Waals surface area contributed by atoms with Gasteiger partial charge in [0.1, 0.15) is 17.6 Å². The number of hydrogen-bond acceptors (Lipinski definition) is 2. The van der Waals surface area contributed by atoms with E-state index in [1.807, 2.05) is 0 Å². The Morgan fingerprint density at radius 1 is 1.18 bits per heavy atom. The highest BCUT2D eigenvalue weighted by Gasteiger charge is 2.37. The highest BCUT2D eigenvalue weighted by Crippen LogP contribution is 2.42. The van der Waals surface area contributed by atoms with Crippen LogP contribution < -0.4 is 4.74 Å². The molecule has 0 amide bonds. The number of carbonyl (C=O) groups is 1. The first-order valence-electron chi connectivity index (χ1n) is 9.76. The van der Waals surface area contributed by atoms with E-state index in [4.69, 9.17) is 4.74 Å². The first-order chi connectivity index (χ1) is 13.3. The van der Waals surface area contributed by atoms with Crippen LogP contribution in [-0.4, -0.2) is 12.4 Å². The van der Waals surface area contributed by atoms with Crippen molar-refractivity contribution in [2.75, 3.05) is 0 Å². The van der Waals surface area contributed by atoms with Gasteiger partial charge in [0.15, 0.2) is 0 Å². The third-order valence-electron chi connectivity index (χ3n) is 5.48. The second-order valence-electron chi connectivity index (χ2n) is 7.49. The lowest BCUT2D eigenvalue weighted by molar-refractivity contribution is -0.138. The lowest BCUT2D eigenvalue weighted by Crippen LogP contribution is -2.23. The minimum Gasteiger partial charge on any atom is -0.490 e. The monoisotopic (exact) mass is 390 g/mol. The van der Waals surface area contributed by atoms with E-state index in [0.29, 0.717) is 17.2 Å². The number of aldehydes is 1. The van der Waals surface area contributed by atoms with Crippen LogP contribution in [0.3, 0.4) is 0 Å². The van der Waals surface area contributed by atoms with Crippen LogP contribution in [0.5, 0.6) is 5.75 Å². The maximum absolute atomic E-state index is 13.8. The standard InChI is InChI=1S/C23H25F3O2/c1-3-4-15(2)17-6-9-19(10-7-17)28-21-12-8-18-13-16(14-27)5-11-20(18)22(21)23(24,25)26/h5,8,11-14,19H,3-4,6-7,9-10H2,1-2H3. The molecule has 0 unspecified atom stereocenters. The molecule has 0 aliphatic heterocycles. The zero-order valence-electron chi connectivity index (χ0n) is 16.2. The van der Waals surface area contributed by atoms with Crippen LogP contribution in [0.15, 0.2) is 41.5 Å². The molecular weight excluding hydrogens is 365 g/mol. The molecule has 2 aromatic carbocycles. The van der Waals surface area contributed by atoms with Crippen molar-refractivity contribution in [3.63, 3.8) is 0 Å². The van der Waals surface area contributed by atoms with Crippen LogP contribution >= 0.6 is 0 Å². The van der Waals surface area contributed by atoms with E-state index in [2.05, 4.69) is 13.8 Å². The number of fused-ring (bicyclic) bond motifs is 1. The molecular formula is C23H25F3O2. The average molecular weight is 390 g/mol. The first kappa shape index (κ1) is 20.4. The minimum atomic E-state index is -4.53. The molecule has 1 fully saturated rings. The highest BCUT2D eigenvalue weighted by molar-refractivity contribution is 5.92. The average Bonchev–Trinajstić information content (AvgIpc) is 2.67. The number of benzene rings is 2. The molecule has 0 N–H and O–H groups in total. The van der Waals surface area contributed by atoms with Gasteiger partial charge in [-0.15, -0.1) is 0 Å². The molecule has 28 heavy (non-hydrogen) atoms. The van der Waals surface area contributed by atoms with Gasteiger partial charge in [-0.1, -0.05) is 42.7 Å². The van der Waals surface area contributed by atoms with E-state index in [9.17, 15) is 18.0 Å². The molecule has 150 valence electrons. The summed E-state index contributed by atoms with van der Waals surface area (Å²) in [6, 6.07) is 7.20. The molecule has 2 nitrogen and oxygen atoms in total. The predicted octanol–water partition coefficient (Wildman–Crippen LogP) is 7.11. The Kier molecular flexibility index (Phi) is 6.11. The molecule has 2 aromatic rings. The van der Waals surface area contributed by atoms with Gasteiger partial charge in [-0.05, 0) is 61.9 Å². The van der Waals surface area contributed by atoms with Crippen molar-refractivity contribution in [3.8, 4) is 5.75 Å². The van der Waals surface area contributed by atoms with Gasteiger partial charge in [0.2, 0.25) is 0 Å². The van der Waals surface area contributed by atoms with Gasteiger partial charge in [0, 0.05) is 5.56 Å². The quantitative estimate of drug-likeness (QED) is 0.402. The third kappa shape index (κ3) is 4.40. The molecule has 0 atom stereocenters. The summed E-state index contributed by atoms with van der Waals surface area (Å²) in [5, 5.41) is 0.444. The zero-order valence-corrected chi connectivity index (χ0v) is 16.2. The Morgan fingerprint density at radius 3 is 2.50 bits per heavy atom. The van der Waals surface area contributed by atoms with E-state index in [0.717, 1.165) is 38.5 Å². The highest BCUT2D eigenvalue weighted by atomic mass is 19.4. The van der Waals surface area contributed by atoms with Gasteiger partial charge in [-0.25, -0.2) is 0 Å². The van der Waals surface area contributed by atoms with Crippen LogP contribution in [0.4, 0.5) is 13.2 Å². The fraction of sp³-hybridized carbons (Fsp3) is 0.435. The fourth-order valence-electron chi connectivity index (χ4n) is 4.01. The Balaban J connectivity index is 1.87. The first-order valence-corrected chi connectivity index (χ1v) is 9.76. The number of halogens is 3. The maximum Gasteiger partial charge on any atom is 0.420 e. The Morgan fingerprint density at radius 2 is 1.89 bits per heavy atom. The number of allylic oxidation sites excluding steroid dienone is 2. The molecule has 3 rings (SSSR count). The second-order valence-corrected chi connectivity index (χ2v) is 7.49. The molecule has 0 spiro atoms. The topological polar surface area (TPSA) is 26.3 Å². The minimum absolute atomic E-state index is 0.0609. The van der Waals surface area contributed by atoms with Crippen molar-refractivity contribution in [1.29, 1.82) is 0 Å². The summed E-state index contributed by atoms with van der Waals surface area (Å²) in [4.78, 5) is 10.9. The summed E-state index contributed by atoms with van der Waals surface area (Å²) in [6.07, 6.45) is 1.29. The van der Waals surface area contributed by atoms with Crippen molar-refractivity contribution < 1.29 is 22.7 Å². The van der Waals surface area contributed by atoms with Gasteiger partial charge in [-0.2, -0.15) is 13.2 Å². The lowest BCUT2D eigenvalue weighted by Gasteiger charge is -2.28. The lowest BCUT2D eigenvalue weighted by atomic mass is 9.88. The van der Waals surface area contributed by atoms with Crippen LogP contribution in [-0.2, 0) is 6.18 Å². The van der Waals surface area contributed by atoms with Crippen molar-refractivity contribution in [3.05, 3.63) is 52.6 Å². The number of hydrogen-bond donors (Lipinski definition) is 0. The third-order valence-corrected chi connectivity index (χ3v) is 5.48. The molecule has 1 aliphatic carbocycles. The smallest absolute Gasteiger partial charge is 0.420 e. The van der Waals surface area contributed by atoms with E-state index < -0.39 is 11.7 Å². The van der Waals surface area contributed by atoms with Crippen LogP contribution in [0.25, 0.3) is 10.8 Å². The molecule has 0 bridgehead atoms. The van der Waals surface area contributed by atoms with Gasteiger partial charge < -0.3 is 4.74 Å². The van der Waals surface area contributed by atoms with Gasteiger partial charge >= 0.3 is 6.18 Å².